The van der Waals surface area contributed by atoms with Crippen molar-refractivity contribution in [3.63, 3.8) is 0 Å². The van der Waals surface area contributed by atoms with Gasteiger partial charge in [0.25, 0.3) is 5.91 Å². The molecule has 6 heteroatoms. The van der Waals surface area contributed by atoms with Gasteiger partial charge in [-0.15, -0.1) is 0 Å². The minimum Gasteiger partial charge on any atom is -0.497 e. The molecule has 1 fully saturated rings. The summed E-state index contributed by atoms with van der Waals surface area (Å²) in [7, 11) is 3.14. The minimum atomic E-state index is -0.558. The third-order valence-electron chi connectivity index (χ3n) is 4.97. The number of anilines is 1. The average molecular weight is 368 g/mol. The lowest BCUT2D eigenvalue weighted by molar-refractivity contribution is -0.124. The molecule has 1 heterocycles. The van der Waals surface area contributed by atoms with E-state index in [1.165, 1.54) is 0 Å². The van der Waals surface area contributed by atoms with Crippen LogP contribution in [0.3, 0.4) is 0 Å². The number of hydrogen-bond acceptors (Lipinski definition) is 4. The van der Waals surface area contributed by atoms with Gasteiger partial charge in [0.15, 0.2) is 0 Å². The highest BCUT2D eigenvalue weighted by molar-refractivity contribution is 6.04. The molecule has 0 saturated carbocycles. The first-order chi connectivity index (χ1) is 13.0. The van der Waals surface area contributed by atoms with Crippen LogP contribution in [0.1, 0.15) is 22.8 Å². The monoisotopic (exact) mass is 368 g/mol. The summed E-state index contributed by atoms with van der Waals surface area (Å²) in [6, 6.07) is 12.2. The second kappa shape index (κ2) is 7.70. The van der Waals surface area contributed by atoms with Crippen LogP contribution >= 0.6 is 0 Å². The van der Waals surface area contributed by atoms with E-state index in [0.29, 0.717) is 35.8 Å². The lowest BCUT2D eigenvalue weighted by Gasteiger charge is -2.39. The fourth-order valence-electron chi connectivity index (χ4n) is 3.36. The molecule has 0 radical (unpaired) electrons. The van der Waals surface area contributed by atoms with Gasteiger partial charge in [0.1, 0.15) is 17.5 Å². The third kappa shape index (κ3) is 3.47. The number of carbonyl (C=O) groups excluding carboxylic acids is 2. The molecule has 1 saturated heterocycles. The SMILES string of the molecule is COc1ccc(N2CCN(C(=O)c3ccccc3C)C(C)C2=O)c(OC)c1. The fourth-order valence-corrected chi connectivity index (χ4v) is 3.36. The van der Waals surface area contributed by atoms with Crippen LogP contribution in [0.4, 0.5) is 5.69 Å². The summed E-state index contributed by atoms with van der Waals surface area (Å²) in [5, 5.41) is 0. The van der Waals surface area contributed by atoms with Crippen LogP contribution in [-0.2, 0) is 4.79 Å². The molecule has 3 rings (SSSR count). The van der Waals surface area contributed by atoms with E-state index in [-0.39, 0.29) is 11.8 Å². The predicted octanol–water partition coefficient (Wildman–Crippen LogP) is 2.89. The zero-order valence-corrected chi connectivity index (χ0v) is 16.1. The fraction of sp³-hybridized carbons (Fsp3) is 0.333. The molecule has 1 atom stereocenters. The van der Waals surface area contributed by atoms with Gasteiger partial charge in [-0.2, -0.15) is 0 Å². The van der Waals surface area contributed by atoms with Crippen LogP contribution in [0.25, 0.3) is 0 Å². The number of methoxy groups -OCH3 is 2. The molecular weight excluding hydrogens is 344 g/mol. The molecule has 1 aliphatic rings. The maximum absolute atomic E-state index is 13.0. The van der Waals surface area contributed by atoms with Crippen molar-refractivity contribution in [2.45, 2.75) is 19.9 Å². The predicted molar refractivity (Wildman–Crippen MR) is 104 cm³/mol. The van der Waals surface area contributed by atoms with Crippen LogP contribution in [0, 0.1) is 6.92 Å². The molecule has 0 spiro atoms. The van der Waals surface area contributed by atoms with E-state index in [1.54, 1.807) is 55.2 Å². The number of piperazine rings is 1. The zero-order chi connectivity index (χ0) is 19.6. The minimum absolute atomic E-state index is 0.115. The Morgan fingerprint density at radius 1 is 1.07 bits per heavy atom. The lowest BCUT2D eigenvalue weighted by atomic mass is 10.0. The van der Waals surface area contributed by atoms with Crippen molar-refractivity contribution in [1.29, 1.82) is 0 Å². The Hall–Kier alpha value is -3.02. The lowest BCUT2D eigenvalue weighted by Crippen LogP contribution is -2.57. The topological polar surface area (TPSA) is 59.1 Å². The average Bonchev–Trinajstić information content (AvgIpc) is 2.69. The van der Waals surface area contributed by atoms with Gasteiger partial charge in [0, 0.05) is 24.7 Å². The maximum Gasteiger partial charge on any atom is 0.254 e. The number of hydrogen-bond donors (Lipinski definition) is 0. The molecule has 0 aromatic heterocycles. The van der Waals surface area contributed by atoms with E-state index in [4.69, 9.17) is 9.47 Å². The van der Waals surface area contributed by atoms with E-state index < -0.39 is 6.04 Å². The molecule has 1 unspecified atom stereocenters. The summed E-state index contributed by atoms with van der Waals surface area (Å²) in [6.45, 7) is 4.53. The smallest absolute Gasteiger partial charge is 0.254 e. The Morgan fingerprint density at radius 3 is 2.48 bits per heavy atom. The largest absolute Gasteiger partial charge is 0.497 e. The number of carbonyl (C=O) groups is 2. The summed E-state index contributed by atoms with van der Waals surface area (Å²) >= 11 is 0. The number of aryl methyl sites for hydroxylation is 1. The van der Waals surface area contributed by atoms with E-state index >= 15 is 0 Å². The van der Waals surface area contributed by atoms with Gasteiger partial charge in [0.2, 0.25) is 5.91 Å². The normalized spacial score (nSPS) is 17.0. The molecule has 27 heavy (non-hydrogen) atoms. The van der Waals surface area contributed by atoms with E-state index in [9.17, 15) is 9.59 Å². The Labute approximate surface area is 159 Å². The van der Waals surface area contributed by atoms with Gasteiger partial charge in [-0.1, -0.05) is 18.2 Å². The zero-order valence-electron chi connectivity index (χ0n) is 16.1. The van der Waals surface area contributed by atoms with Crippen LogP contribution in [-0.4, -0.2) is 50.1 Å². The third-order valence-corrected chi connectivity index (χ3v) is 4.97. The molecule has 1 aliphatic heterocycles. The van der Waals surface area contributed by atoms with Gasteiger partial charge in [-0.05, 0) is 37.6 Å². The molecule has 2 aromatic rings. The van der Waals surface area contributed by atoms with Crippen molar-refractivity contribution < 1.29 is 19.1 Å². The molecule has 2 aromatic carbocycles. The summed E-state index contributed by atoms with van der Waals surface area (Å²) < 4.78 is 10.6. The van der Waals surface area contributed by atoms with E-state index in [2.05, 4.69) is 0 Å². The van der Waals surface area contributed by atoms with Crippen molar-refractivity contribution in [2.75, 3.05) is 32.2 Å². The van der Waals surface area contributed by atoms with Crippen molar-refractivity contribution in [1.82, 2.24) is 4.90 Å². The standard InChI is InChI=1S/C21H24N2O4/c1-14-7-5-6-8-17(14)21(25)22-11-12-23(20(24)15(22)2)18-10-9-16(26-3)13-19(18)27-4/h5-10,13,15H,11-12H2,1-4H3. The van der Waals surface area contributed by atoms with E-state index in [0.717, 1.165) is 5.56 Å². The highest BCUT2D eigenvalue weighted by Crippen LogP contribution is 2.34. The first-order valence-electron chi connectivity index (χ1n) is 8.88. The van der Waals surface area contributed by atoms with Crippen LogP contribution in [0.2, 0.25) is 0 Å². The highest BCUT2D eigenvalue weighted by Gasteiger charge is 2.36. The summed E-state index contributed by atoms with van der Waals surface area (Å²) in [4.78, 5) is 29.3. The first-order valence-corrected chi connectivity index (χ1v) is 8.88. The molecule has 2 amide bonds. The van der Waals surface area contributed by atoms with Crippen LogP contribution < -0.4 is 14.4 Å². The Kier molecular flexibility index (Phi) is 5.35. The van der Waals surface area contributed by atoms with E-state index in [1.807, 2.05) is 25.1 Å². The summed E-state index contributed by atoms with van der Waals surface area (Å²) in [5.74, 6) is 0.972. The Bertz CT molecular complexity index is 865. The molecular formula is C21H24N2O4. The van der Waals surface area contributed by atoms with Gasteiger partial charge >= 0.3 is 0 Å². The second-order valence-electron chi connectivity index (χ2n) is 6.52. The second-order valence-corrected chi connectivity index (χ2v) is 6.52. The summed E-state index contributed by atoms with van der Waals surface area (Å²) in [5.41, 5.74) is 2.21. The van der Waals surface area contributed by atoms with Gasteiger partial charge in [-0.25, -0.2) is 0 Å². The van der Waals surface area contributed by atoms with Crippen LogP contribution in [0.5, 0.6) is 11.5 Å². The molecule has 0 N–H and O–H groups in total. The van der Waals surface area contributed by atoms with Crippen LogP contribution in [0.15, 0.2) is 42.5 Å². The summed E-state index contributed by atoms with van der Waals surface area (Å²) in [6.07, 6.45) is 0. The number of ether oxygens (including phenoxy) is 2. The van der Waals surface area contributed by atoms with Crippen molar-refractivity contribution >= 4 is 17.5 Å². The number of benzene rings is 2. The Morgan fingerprint density at radius 2 is 1.81 bits per heavy atom. The molecule has 0 bridgehead atoms. The Balaban J connectivity index is 1.85. The van der Waals surface area contributed by atoms with Crippen molar-refractivity contribution in [3.8, 4) is 11.5 Å². The van der Waals surface area contributed by atoms with Crippen molar-refractivity contribution in [3.05, 3.63) is 53.6 Å². The maximum atomic E-state index is 13.0. The number of amides is 2. The van der Waals surface area contributed by atoms with Gasteiger partial charge in [-0.3, -0.25) is 9.59 Å². The molecule has 6 nitrogen and oxygen atoms in total. The van der Waals surface area contributed by atoms with Gasteiger partial charge in [0.05, 0.1) is 19.9 Å². The quantitative estimate of drug-likeness (QED) is 0.833. The molecule has 0 aliphatic carbocycles. The highest BCUT2D eigenvalue weighted by atomic mass is 16.5. The number of nitrogens with zero attached hydrogens (tertiary/aromatic N) is 2. The number of rotatable bonds is 4. The van der Waals surface area contributed by atoms with Crippen molar-refractivity contribution in [2.24, 2.45) is 0 Å². The first kappa shape index (κ1) is 18.8. The van der Waals surface area contributed by atoms with Gasteiger partial charge < -0.3 is 19.3 Å². The molecule has 142 valence electrons.